The van der Waals surface area contributed by atoms with Gasteiger partial charge < -0.3 is 4.74 Å². The van der Waals surface area contributed by atoms with Crippen LogP contribution < -0.4 is 4.74 Å². The van der Waals surface area contributed by atoms with E-state index < -0.39 is 11.7 Å². The zero-order chi connectivity index (χ0) is 16.8. The summed E-state index contributed by atoms with van der Waals surface area (Å²) >= 11 is 0. The molecule has 0 radical (unpaired) electrons. The van der Waals surface area contributed by atoms with Crippen molar-refractivity contribution in [3.05, 3.63) is 59.7 Å². The van der Waals surface area contributed by atoms with E-state index in [1.807, 2.05) is 0 Å². The van der Waals surface area contributed by atoms with Gasteiger partial charge in [0.05, 0.1) is 12.2 Å². The Hall–Kier alpha value is -2.30. The van der Waals surface area contributed by atoms with Crippen LogP contribution in [0.1, 0.15) is 29.8 Å². The lowest BCUT2D eigenvalue weighted by molar-refractivity contribution is -0.0912. The van der Waals surface area contributed by atoms with E-state index in [1.165, 1.54) is 12.2 Å². The number of rotatable bonds is 6. The molecule has 0 saturated heterocycles. The Kier molecular flexibility index (Phi) is 6.16. The average molecular weight is 310 g/mol. The van der Waals surface area contributed by atoms with Crippen LogP contribution in [0.25, 0.3) is 5.57 Å². The molecule has 118 valence electrons. The predicted molar refractivity (Wildman–Crippen MR) is 81.0 cm³/mol. The summed E-state index contributed by atoms with van der Waals surface area (Å²) in [6.07, 6.45) is -0.0304. The van der Waals surface area contributed by atoms with Crippen LogP contribution in [0.4, 0.5) is 13.2 Å². The van der Waals surface area contributed by atoms with Crippen LogP contribution in [0.2, 0.25) is 0 Å². The first-order chi connectivity index (χ1) is 10.3. The minimum absolute atomic E-state index is 0.333. The van der Waals surface area contributed by atoms with Crippen molar-refractivity contribution < 1.29 is 22.7 Å². The van der Waals surface area contributed by atoms with Gasteiger partial charge in [0.2, 0.25) is 0 Å². The molecule has 0 aliphatic carbocycles. The van der Waals surface area contributed by atoms with Crippen molar-refractivity contribution in [2.24, 2.45) is 0 Å². The number of alkyl halides is 3. The number of hydrogen-bond acceptors (Lipinski definition) is 2. The third-order valence-corrected chi connectivity index (χ3v) is 2.95. The van der Waals surface area contributed by atoms with Gasteiger partial charge in [-0.3, -0.25) is 4.79 Å². The minimum Gasteiger partial charge on any atom is -0.492 e. The molecule has 0 spiro atoms. The van der Waals surface area contributed by atoms with Crippen molar-refractivity contribution in [1.82, 2.24) is 0 Å². The fourth-order valence-electron chi connectivity index (χ4n) is 1.76. The molecule has 0 fully saturated rings. The first kappa shape index (κ1) is 17.8. The predicted octanol–water partition coefficient (Wildman–Crippen LogP) is 4.98. The zero-order valence-electron chi connectivity index (χ0n) is 12.4. The van der Waals surface area contributed by atoms with Gasteiger partial charge >= 0.3 is 6.18 Å². The standard InChI is InChI=1S/C17H17F3O2/c1-4-13(10-9-12(3)17(18,19)20)15-8-6-7-14(11-21)16(15)22-5-2/h4,6-11H,1,5H2,2-3H3/b12-9+,13-10+. The summed E-state index contributed by atoms with van der Waals surface area (Å²) in [4.78, 5) is 11.1. The molecular formula is C17H17F3O2. The first-order valence-corrected chi connectivity index (χ1v) is 6.64. The van der Waals surface area contributed by atoms with E-state index in [2.05, 4.69) is 6.58 Å². The second-order valence-corrected chi connectivity index (χ2v) is 4.45. The number of aldehydes is 1. The van der Waals surface area contributed by atoms with Gasteiger partial charge in [0.15, 0.2) is 6.29 Å². The number of halogens is 3. The quantitative estimate of drug-likeness (QED) is 0.547. The van der Waals surface area contributed by atoms with Crippen LogP contribution in [0.5, 0.6) is 5.75 Å². The Labute approximate surface area is 127 Å². The van der Waals surface area contributed by atoms with E-state index in [0.29, 0.717) is 35.3 Å². The molecule has 0 bridgehead atoms. The van der Waals surface area contributed by atoms with Crippen molar-refractivity contribution >= 4 is 11.9 Å². The van der Waals surface area contributed by atoms with Gasteiger partial charge in [-0.25, -0.2) is 0 Å². The number of allylic oxidation sites excluding steroid dienone is 5. The third-order valence-electron chi connectivity index (χ3n) is 2.95. The van der Waals surface area contributed by atoms with E-state index in [-0.39, 0.29) is 0 Å². The molecule has 5 heteroatoms. The second kappa shape index (κ2) is 7.64. The molecule has 0 saturated carbocycles. The third kappa shape index (κ3) is 4.35. The van der Waals surface area contributed by atoms with Crippen LogP contribution in [-0.2, 0) is 0 Å². The lowest BCUT2D eigenvalue weighted by Gasteiger charge is -2.13. The maximum absolute atomic E-state index is 12.5. The average Bonchev–Trinajstić information content (AvgIpc) is 2.48. The molecule has 1 aromatic rings. The molecule has 0 aliphatic rings. The number of carbonyl (C=O) groups is 1. The van der Waals surface area contributed by atoms with Crippen molar-refractivity contribution in [1.29, 1.82) is 0 Å². The Bertz CT molecular complexity index is 611. The fourth-order valence-corrected chi connectivity index (χ4v) is 1.76. The first-order valence-electron chi connectivity index (χ1n) is 6.64. The Morgan fingerprint density at radius 1 is 1.32 bits per heavy atom. The van der Waals surface area contributed by atoms with Crippen LogP contribution in [0, 0.1) is 0 Å². The number of para-hydroxylation sites is 1. The Morgan fingerprint density at radius 2 is 2.00 bits per heavy atom. The summed E-state index contributed by atoms with van der Waals surface area (Å²) in [5.74, 6) is 0.337. The maximum atomic E-state index is 12.5. The van der Waals surface area contributed by atoms with Crippen LogP contribution >= 0.6 is 0 Å². The Balaban J connectivity index is 3.37. The molecule has 0 heterocycles. The maximum Gasteiger partial charge on any atom is 0.412 e. The molecule has 1 rings (SSSR count). The van der Waals surface area contributed by atoms with E-state index in [0.717, 1.165) is 13.0 Å². The van der Waals surface area contributed by atoms with Gasteiger partial charge in [-0.15, -0.1) is 0 Å². The van der Waals surface area contributed by atoms with Gasteiger partial charge in [-0.1, -0.05) is 36.9 Å². The molecule has 2 nitrogen and oxygen atoms in total. The van der Waals surface area contributed by atoms with Gasteiger partial charge in [0.25, 0.3) is 0 Å². The number of hydrogen-bond donors (Lipinski definition) is 0. The highest BCUT2D eigenvalue weighted by Crippen LogP contribution is 2.31. The second-order valence-electron chi connectivity index (χ2n) is 4.45. The lowest BCUT2D eigenvalue weighted by Crippen LogP contribution is -2.08. The number of carbonyl (C=O) groups excluding carboxylic acids is 1. The van der Waals surface area contributed by atoms with Crippen LogP contribution in [0.3, 0.4) is 0 Å². The van der Waals surface area contributed by atoms with Gasteiger partial charge in [0, 0.05) is 11.1 Å². The van der Waals surface area contributed by atoms with Gasteiger partial charge in [-0.05, 0) is 25.5 Å². The molecule has 1 aromatic carbocycles. The summed E-state index contributed by atoms with van der Waals surface area (Å²) in [7, 11) is 0. The summed E-state index contributed by atoms with van der Waals surface area (Å²) in [5.41, 5.74) is 0.573. The number of ether oxygens (including phenoxy) is 1. The van der Waals surface area contributed by atoms with Crippen molar-refractivity contribution in [2.75, 3.05) is 6.61 Å². The highest BCUT2D eigenvalue weighted by atomic mass is 19.4. The normalized spacial score (nSPS) is 13.0. The molecular weight excluding hydrogens is 293 g/mol. The Morgan fingerprint density at radius 3 is 2.50 bits per heavy atom. The fraction of sp³-hybridized carbons (Fsp3) is 0.235. The topological polar surface area (TPSA) is 26.3 Å². The molecule has 0 aromatic heterocycles. The monoisotopic (exact) mass is 310 g/mol. The van der Waals surface area contributed by atoms with Crippen molar-refractivity contribution in [3.8, 4) is 5.75 Å². The SMILES string of the molecule is C=C/C(=C\C=C(/C)C(F)(F)F)c1cccc(C=O)c1OCC. The molecule has 0 N–H and O–H groups in total. The summed E-state index contributed by atoms with van der Waals surface area (Å²) < 4.78 is 43.0. The zero-order valence-corrected chi connectivity index (χ0v) is 12.4. The minimum atomic E-state index is -4.38. The van der Waals surface area contributed by atoms with Gasteiger partial charge in [0.1, 0.15) is 5.75 Å². The van der Waals surface area contributed by atoms with Crippen molar-refractivity contribution in [2.45, 2.75) is 20.0 Å². The van der Waals surface area contributed by atoms with Crippen molar-refractivity contribution in [3.63, 3.8) is 0 Å². The largest absolute Gasteiger partial charge is 0.492 e. The summed E-state index contributed by atoms with van der Waals surface area (Å²) in [5, 5.41) is 0. The van der Waals surface area contributed by atoms with Crippen LogP contribution in [-0.4, -0.2) is 19.1 Å². The highest BCUT2D eigenvalue weighted by Gasteiger charge is 2.29. The van der Waals surface area contributed by atoms with E-state index in [9.17, 15) is 18.0 Å². The molecule has 0 atom stereocenters. The van der Waals surface area contributed by atoms with E-state index in [1.54, 1.807) is 25.1 Å². The molecule has 22 heavy (non-hydrogen) atoms. The number of benzene rings is 1. The smallest absolute Gasteiger partial charge is 0.412 e. The molecule has 0 amide bonds. The molecule has 0 unspecified atom stereocenters. The van der Waals surface area contributed by atoms with Gasteiger partial charge in [-0.2, -0.15) is 13.2 Å². The van der Waals surface area contributed by atoms with E-state index >= 15 is 0 Å². The van der Waals surface area contributed by atoms with E-state index in [4.69, 9.17) is 4.74 Å². The summed E-state index contributed by atoms with van der Waals surface area (Å²) in [6.45, 7) is 6.69. The summed E-state index contributed by atoms with van der Waals surface area (Å²) in [6, 6.07) is 4.89. The lowest BCUT2D eigenvalue weighted by atomic mass is 10.0. The highest BCUT2D eigenvalue weighted by molar-refractivity contribution is 5.87. The van der Waals surface area contributed by atoms with Crippen LogP contribution in [0.15, 0.2) is 48.6 Å². The molecule has 0 aliphatic heterocycles.